The van der Waals surface area contributed by atoms with Crippen molar-refractivity contribution in [1.82, 2.24) is 14.9 Å². The van der Waals surface area contributed by atoms with E-state index in [2.05, 4.69) is 14.9 Å². The van der Waals surface area contributed by atoms with Gasteiger partial charge in [0, 0.05) is 36.4 Å². The van der Waals surface area contributed by atoms with Gasteiger partial charge in [0.25, 0.3) is 5.56 Å². The van der Waals surface area contributed by atoms with E-state index in [1.807, 2.05) is 12.1 Å². The summed E-state index contributed by atoms with van der Waals surface area (Å²) in [6, 6.07) is 11.0. The van der Waals surface area contributed by atoms with Crippen LogP contribution in [0.4, 0.5) is 14.5 Å². The van der Waals surface area contributed by atoms with Crippen LogP contribution in [-0.2, 0) is 19.5 Å². The first-order valence-electron chi connectivity index (χ1n) is 8.64. The zero-order valence-corrected chi connectivity index (χ0v) is 14.5. The molecule has 5 nitrogen and oxygen atoms in total. The predicted molar refractivity (Wildman–Crippen MR) is 98.9 cm³/mol. The minimum absolute atomic E-state index is 0.140. The van der Waals surface area contributed by atoms with Gasteiger partial charge in [0.2, 0.25) is 0 Å². The highest BCUT2D eigenvalue weighted by atomic mass is 19.2. The fourth-order valence-corrected chi connectivity index (χ4v) is 3.30. The molecule has 7 heteroatoms. The first-order chi connectivity index (χ1) is 13.0. The van der Waals surface area contributed by atoms with Gasteiger partial charge in [-0.1, -0.05) is 6.07 Å². The van der Waals surface area contributed by atoms with E-state index in [9.17, 15) is 13.6 Å². The monoisotopic (exact) mass is 368 g/mol. The lowest BCUT2D eigenvalue weighted by molar-refractivity contribution is 0.240. The van der Waals surface area contributed by atoms with Gasteiger partial charge >= 0.3 is 0 Å². The van der Waals surface area contributed by atoms with Gasteiger partial charge in [0.1, 0.15) is 5.82 Å². The minimum atomic E-state index is -0.857. The first-order valence-corrected chi connectivity index (χ1v) is 8.64. The van der Waals surface area contributed by atoms with Crippen molar-refractivity contribution in [2.75, 3.05) is 12.3 Å². The van der Waals surface area contributed by atoms with E-state index < -0.39 is 11.6 Å². The third kappa shape index (κ3) is 3.59. The molecule has 0 unspecified atom stereocenters. The molecule has 138 valence electrons. The molecule has 1 aliphatic heterocycles. The van der Waals surface area contributed by atoms with Gasteiger partial charge in [-0.2, -0.15) is 0 Å². The fourth-order valence-electron chi connectivity index (χ4n) is 3.30. The second kappa shape index (κ2) is 6.92. The van der Waals surface area contributed by atoms with Gasteiger partial charge in [-0.05, 0) is 48.4 Å². The molecule has 0 atom stereocenters. The summed E-state index contributed by atoms with van der Waals surface area (Å²) < 4.78 is 26.5. The minimum Gasteiger partial charge on any atom is -0.399 e. The van der Waals surface area contributed by atoms with Crippen molar-refractivity contribution in [3.05, 3.63) is 81.3 Å². The number of H-pyrrole nitrogens is 1. The van der Waals surface area contributed by atoms with Crippen molar-refractivity contribution < 1.29 is 8.78 Å². The topological polar surface area (TPSA) is 75.0 Å². The normalized spacial score (nSPS) is 14.1. The number of nitrogens with one attached hydrogen (secondary N) is 1. The molecule has 3 N–H and O–H groups in total. The number of aromatic nitrogens is 2. The Morgan fingerprint density at radius 1 is 1.11 bits per heavy atom. The molecular formula is C20H18F2N4O. The molecule has 0 spiro atoms. The Labute approximate surface area is 154 Å². The van der Waals surface area contributed by atoms with E-state index in [0.717, 1.165) is 11.6 Å². The van der Waals surface area contributed by atoms with E-state index in [1.54, 1.807) is 18.2 Å². The second-order valence-electron chi connectivity index (χ2n) is 6.67. The first kappa shape index (κ1) is 17.4. The van der Waals surface area contributed by atoms with Crippen molar-refractivity contribution >= 4 is 5.69 Å². The molecule has 1 aromatic heterocycles. The highest BCUT2D eigenvalue weighted by Gasteiger charge is 2.21. The highest BCUT2D eigenvalue weighted by molar-refractivity contribution is 5.58. The number of nitrogen functional groups attached to an aromatic ring is 1. The summed E-state index contributed by atoms with van der Waals surface area (Å²) in [6.45, 7) is 1.58. The molecule has 2 aromatic carbocycles. The molecule has 0 amide bonds. The van der Waals surface area contributed by atoms with E-state index >= 15 is 0 Å². The largest absolute Gasteiger partial charge is 0.399 e. The Balaban J connectivity index is 1.60. The zero-order chi connectivity index (χ0) is 19.0. The molecular weight excluding hydrogens is 350 g/mol. The van der Waals surface area contributed by atoms with Crippen molar-refractivity contribution in [3.63, 3.8) is 0 Å². The van der Waals surface area contributed by atoms with E-state index in [0.29, 0.717) is 54.4 Å². The third-order valence-corrected chi connectivity index (χ3v) is 4.73. The van der Waals surface area contributed by atoms with Crippen molar-refractivity contribution in [1.29, 1.82) is 0 Å². The van der Waals surface area contributed by atoms with Gasteiger partial charge in [0.05, 0.1) is 5.69 Å². The van der Waals surface area contributed by atoms with Crippen LogP contribution in [0.25, 0.3) is 11.4 Å². The summed E-state index contributed by atoms with van der Waals surface area (Å²) in [5.41, 5.74) is 9.05. The van der Waals surface area contributed by atoms with Crippen LogP contribution in [-0.4, -0.2) is 21.4 Å². The molecule has 0 fully saturated rings. The van der Waals surface area contributed by atoms with Crippen LogP contribution in [0.15, 0.2) is 47.3 Å². The Bertz CT molecular complexity index is 1050. The molecule has 1 aliphatic rings. The average Bonchev–Trinajstić information content (AvgIpc) is 2.65. The quantitative estimate of drug-likeness (QED) is 0.697. The summed E-state index contributed by atoms with van der Waals surface area (Å²) in [4.78, 5) is 22.0. The maximum atomic E-state index is 13.4. The Morgan fingerprint density at radius 2 is 1.89 bits per heavy atom. The number of nitrogens with zero attached hydrogens (tertiary/aromatic N) is 2. The smallest absolute Gasteiger partial charge is 0.254 e. The van der Waals surface area contributed by atoms with Crippen molar-refractivity contribution in [2.45, 2.75) is 19.5 Å². The van der Waals surface area contributed by atoms with Gasteiger partial charge in [-0.25, -0.2) is 13.8 Å². The number of anilines is 1. The van der Waals surface area contributed by atoms with Crippen LogP contribution in [0.1, 0.15) is 16.8 Å². The molecule has 0 radical (unpaired) electrons. The number of benzene rings is 2. The Hall–Kier alpha value is -3.06. The zero-order valence-electron chi connectivity index (χ0n) is 14.5. The van der Waals surface area contributed by atoms with Crippen molar-refractivity contribution in [3.8, 4) is 11.4 Å². The molecule has 0 saturated carbocycles. The summed E-state index contributed by atoms with van der Waals surface area (Å²) in [5.74, 6) is -1.22. The lowest BCUT2D eigenvalue weighted by Crippen LogP contribution is -2.35. The second-order valence-corrected chi connectivity index (χ2v) is 6.67. The van der Waals surface area contributed by atoms with Gasteiger partial charge in [-0.3, -0.25) is 9.69 Å². The van der Waals surface area contributed by atoms with Gasteiger partial charge in [-0.15, -0.1) is 0 Å². The third-order valence-electron chi connectivity index (χ3n) is 4.73. The maximum Gasteiger partial charge on any atom is 0.254 e. The Morgan fingerprint density at radius 3 is 2.63 bits per heavy atom. The van der Waals surface area contributed by atoms with Crippen LogP contribution >= 0.6 is 0 Å². The van der Waals surface area contributed by atoms with E-state index in [4.69, 9.17) is 5.73 Å². The molecule has 0 saturated heterocycles. The van der Waals surface area contributed by atoms with Crippen molar-refractivity contribution in [2.24, 2.45) is 0 Å². The number of halogens is 2. The van der Waals surface area contributed by atoms with Gasteiger partial charge < -0.3 is 10.7 Å². The highest BCUT2D eigenvalue weighted by Crippen LogP contribution is 2.21. The molecule has 0 aliphatic carbocycles. The molecule has 0 bridgehead atoms. The van der Waals surface area contributed by atoms with E-state index in [-0.39, 0.29) is 5.56 Å². The molecule has 27 heavy (non-hydrogen) atoms. The van der Waals surface area contributed by atoms with E-state index in [1.165, 1.54) is 6.07 Å². The number of nitrogens with two attached hydrogens (primary N) is 1. The number of hydrogen-bond donors (Lipinski definition) is 2. The summed E-state index contributed by atoms with van der Waals surface area (Å²) in [6.07, 6.45) is 0.559. The SMILES string of the molecule is Nc1ccc(-c2nc3c(c(=O)[nH]2)CCN(Cc2ccc(F)c(F)c2)C3)cc1. The predicted octanol–water partition coefficient (Wildman–Crippen LogP) is 2.86. The lowest BCUT2D eigenvalue weighted by Gasteiger charge is -2.27. The van der Waals surface area contributed by atoms with Crippen LogP contribution in [0, 0.1) is 11.6 Å². The average molecular weight is 368 g/mol. The number of hydrogen-bond acceptors (Lipinski definition) is 4. The van der Waals surface area contributed by atoms with Gasteiger partial charge in [0.15, 0.2) is 11.6 Å². The number of fused-ring (bicyclic) bond motifs is 1. The van der Waals surface area contributed by atoms with Crippen LogP contribution in [0.5, 0.6) is 0 Å². The number of aromatic amines is 1. The Kier molecular flexibility index (Phi) is 4.45. The summed E-state index contributed by atoms with van der Waals surface area (Å²) >= 11 is 0. The molecule has 4 rings (SSSR count). The van der Waals surface area contributed by atoms with Crippen LogP contribution in [0.3, 0.4) is 0 Å². The summed E-state index contributed by atoms with van der Waals surface area (Å²) in [5, 5.41) is 0. The van der Waals surface area contributed by atoms with Crippen LogP contribution in [0.2, 0.25) is 0 Å². The standard InChI is InChI=1S/C20H18F2N4O/c21-16-6-1-12(9-17(16)22)10-26-8-7-15-18(11-26)24-19(25-20(15)27)13-2-4-14(23)5-3-13/h1-6,9H,7-8,10-11,23H2,(H,24,25,27). The fraction of sp³-hybridized carbons (Fsp3) is 0.200. The number of rotatable bonds is 3. The summed E-state index contributed by atoms with van der Waals surface area (Å²) in [7, 11) is 0. The molecule has 2 heterocycles. The van der Waals surface area contributed by atoms with Crippen LogP contribution < -0.4 is 11.3 Å². The lowest BCUT2D eigenvalue weighted by atomic mass is 10.0. The maximum absolute atomic E-state index is 13.4. The molecule has 3 aromatic rings.